The van der Waals surface area contributed by atoms with Crippen LogP contribution in [0, 0.1) is 5.92 Å². The predicted molar refractivity (Wildman–Crippen MR) is 47.7 cm³/mol. The van der Waals surface area contributed by atoms with E-state index in [9.17, 15) is 4.79 Å². The molecule has 0 aliphatic carbocycles. The van der Waals surface area contributed by atoms with E-state index in [0.717, 1.165) is 0 Å². The smallest absolute Gasteiger partial charge is 0.249 e. The molecule has 0 saturated carbocycles. The number of carbonyl (C=O) groups excluding carboxylic acids is 1. The summed E-state index contributed by atoms with van der Waals surface area (Å²) in [6, 6.07) is 0. The van der Waals surface area contributed by atoms with Crippen molar-refractivity contribution in [3.8, 4) is 0 Å². The van der Waals surface area contributed by atoms with E-state index in [0.29, 0.717) is 13.0 Å². The van der Waals surface area contributed by atoms with Crippen LogP contribution in [0.3, 0.4) is 0 Å². The molecule has 1 atom stereocenters. The summed E-state index contributed by atoms with van der Waals surface area (Å²) in [6.07, 6.45) is 0.422. The van der Waals surface area contributed by atoms with E-state index in [-0.39, 0.29) is 24.0 Å². The topological polar surface area (TPSA) is 49.8 Å². The maximum Gasteiger partial charge on any atom is 0.249 e. The highest BCUT2D eigenvalue weighted by atomic mass is 16.7. The van der Waals surface area contributed by atoms with Crippen molar-refractivity contribution >= 4 is 5.91 Å². The molecule has 0 aromatic carbocycles. The van der Waals surface area contributed by atoms with Crippen molar-refractivity contribution in [2.75, 3.05) is 13.2 Å². The minimum atomic E-state index is -0.383. The molecule has 0 aromatic rings. The summed E-state index contributed by atoms with van der Waals surface area (Å²) in [4.78, 5) is 16.8. The molecule has 1 aliphatic heterocycles. The fraction of sp³-hybridized carbons (Fsp3) is 0.889. The van der Waals surface area contributed by atoms with Crippen LogP contribution in [0.4, 0.5) is 0 Å². The summed E-state index contributed by atoms with van der Waals surface area (Å²) in [7, 11) is 0. The van der Waals surface area contributed by atoms with Crippen LogP contribution in [-0.4, -0.2) is 34.8 Å². The van der Waals surface area contributed by atoms with Gasteiger partial charge in [-0.1, -0.05) is 6.92 Å². The number of hydrogen-bond donors (Lipinski definition) is 1. The summed E-state index contributed by atoms with van der Waals surface area (Å²) in [6.45, 7) is 6.19. The first-order valence-corrected chi connectivity index (χ1v) is 4.55. The molecule has 1 saturated heterocycles. The van der Waals surface area contributed by atoms with Crippen LogP contribution in [0.2, 0.25) is 0 Å². The number of aliphatic hydroxyl groups excluding tert-OH is 1. The molecule has 0 radical (unpaired) electrons. The third-order valence-corrected chi connectivity index (χ3v) is 2.00. The first-order chi connectivity index (χ1) is 5.94. The van der Waals surface area contributed by atoms with Gasteiger partial charge >= 0.3 is 0 Å². The quantitative estimate of drug-likeness (QED) is 0.702. The molecule has 1 amide bonds. The Kier molecular flexibility index (Phi) is 2.93. The van der Waals surface area contributed by atoms with E-state index >= 15 is 0 Å². The summed E-state index contributed by atoms with van der Waals surface area (Å²) in [5, 5.41) is 10.2. The second-order valence-corrected chi connectivity index (χ2v) is 4.27. The van der Waals surface area contributed by atoms with Gasteiger partial charge in [-0.05, 0) is 19.8 Å². The minimum absolute atomic E-state index is 0.00491. The first-order valence-electron chi connectivity index (χ1n) is 4.55. The van der Waals surface area contributed by atoms with Crippen molar-refractivity contribution < 1.29 is 14.7 Å². The molecule has 1 heterocycles. The molecule has 1 N–H and O–H groups in total. The summed E-state index contributed by atoms with van der Waals surface area (Å²) in [5.41, 5.74) is -0.383. The lowest BCUT2D eigenvalue weighted by Crippen LogP contribution is -2.31. The summed E-state index contributed by atoms with van der Waals surface area (Å²) < 4.78 is 0. The number of hydroxylamine groups is 2. The number of aliphatic hydroxyl groups is 1. The second-order valence-electron chi connectivity index (χ2n) is 4.27. The van der Waals surface area contributed by atoms with E-state index < -0.39 is 0 Å². The Balaban J connectivity index is 2.49. The largest absolute Gasteiger partial charge is 0.396 e. The molecule has 13 heavy (non-hydrogen) atoms. The van der Waals surface area contributed by atoms with E-state index in [1.165, 1.54) is 5.06 Å². The van der Waals surface area contributed by atoms with E-state index in [4.69, 9.17) is 9.94 Å². The molecule has 4 heteroatoms. The normalized spacial score (nSPS) is 23.7. The maximum absolute atomic E-state index is 11.4. The molecular weight excluding hydrogens is 170 g/mol. The monoisotopic (exact) mass is 187 g/mol. The molecule has 1 fully saturated rings. The van der Waals surface area contributed by atoms with Crippen molar-refractivity contribution in [3.63, 3.8) is 0 Å². The van der Waals surface area contributed by atoms with Crippen molar-refractivity contribution in [1.82, 2.24) is 5.06 Å². The van der Waals surface area contributed by atoms with E-state index in [2.05, 4.69) is 0 Å². The number of carbonyl (C=O) groups is 1. The number of nitrogens with zero attached hydrogens (tertiary/aromatic N) is 1. The lowest BCUT2D eigenvalue weighted by Gasteiger charge is -2.21. The van der Waals surface area contributed by atoms with Crippen LogP contribution < -0.4 is 0 Å². The Morgan fingerprint density at radius 3 is 2.69 bits per heavy atom. The van der Waals surface area contributed by atoms with Gasteiger partial charge in [0.05, 0.1) is 18.6 Å². The number of amides is 1. The molecule has 0 spiro atoms. The fourth-order valence-electron chi connectivity index (χ4n) is 1.31. The van der Waals surface area contributed by atoms with E-state index in [1.807, 2.05) is 20.8 Å². The van der Waals surface area contributed by atoms with E-state index in [1.54, 1.807) is 0 Å². The standard InChI is InChI=1S/C9H17NO3/c1-7(6-11)5-10-8(12)4-9(2,3)13-10/h7,11H,4-6H2,1-3H3. The number of hydrogen-bond acceptors (Lipinski definition) is 3. The van der Waals surface area contributed by atoms with Crippen molar-refractivity contribution in [1.29, 1.82) is 0 Å². The van der Waals surface area contributed by atoms with Crippen LogP contribution in [0.1, 0.15) is 27.2 Å². The first kappa shape index (κ1) is 10.5. The Bertz CT molecular complexity index is 203. The Morgan fingerprint density at radius 2 is 2.31 bits per heavy atom. The van der Waals surface area contributed by atoms with Gasteiger partial charge in [0.15, 0.2) is 0 Å². The van der Waals surface area contributed by atoms with Gasteiger partial charge in [0, 0.05) is 6.61 Å². The lowest BCUT2D eigenvalue weighted by atomic mass is 10.1. The molecule has 0 bridgehead atoms. The SMILES string of the molecule is CC(CO)CN1OC(C)(C)CC1=O. The highest BCUT2D eigenvalue weighted by Crippen LogP contribution is 2.26. The lowest BCUT2D eigenvalue weighted by molar-refractivity contribution is -0.195. The van der Waals surface area contributed by atoms with Crippen molar-refractivity contribution in [3.05, 3.63) is 0 Å². The molecule has 0 aromatic heterocycles. The Morgan fingerprint density at radius 1 is 1.69 bits per heavy atom. The highest BCUT2D eigenvalue weighted by molar-refractivity contribution is 5.77. The highest BCUT2D eigenvalue weighted by Gasteiger charge is 2.37. The third kappa shape index (κ3) is 2.67. The average molecular weight is 187 g/mol. The van der Waals surface area contributed by atoms with Crippen LogP contribution in [0.15, 0.2) is 0 Å². The zero-order valence-electron chi connectivity index (χ0n) is 8.41. The van der Waals surface area contributed by atoms with Gasteiger partial charge in [-0.3, -0.25) is 9.63 Å². The second kappa shape index (κ2) is 3.64. The fourth-order valence-corrected chi connectivity index (χ4v) is 1.31. The van der Waals surface area contributed by atoms with Crippen LogP contribution in [-0.2, 0) is 9.63 Å². The molecule has 1 unspecified atom stereocenters. The Hall–Kier alpha value is -0.610. The molecule has 76 valence electrons. The van der Waals surface area contributed by atoms with Crippen LogP contribution in [0.5, 0.6) is 0 Å². The van der Waals surface area contributed by atoms with Gasteiger partial charge < -0.3 is 5.11 Å². The van der Waals surface area contributed by atoms with Crippen LogP contribution in [0.25, 0.3) is 0 Å². The summed E-state index contributed by atoms with van der Waals surface area (Å²) in [5.74, 6) is 0.0724. The van der Waals surface area contributed by atoms with Crippen molar-refractivity contribution in [2.24, 2.45) is 5.92 Å². The molecule has 1 rings (SSSR count). The van der Waals surface area contributed by atoms with Crippen LogP contribution >= 0.6 is 0 Å². The Labute approximate surface area is 78.4 Å². The predicted octanol–water partition coefficient (Wildman–Crippen LogP) is 0.557. The van der Waals surface area contributed by atoms with Gasteiger partial charge in [0.25, 0.3) is 0 Å². The average Bonchev–Trinajstić information content (AvgIpc) is 2.24. The molecule has 1 aliphatic rings. The summed E-state index contributed by atoms with van der Waals surface area (Å²) >= 11 is 0. The molecular formula is C9H17NO3. The molecule has 4 nitrogen and oxygen atoms in total. The number of rotatable bonds is 3. The maximum atomic E-state index is 11.4. The van der Waals surface area contributed by atoms with Gasteiger partial charge in [-0.15, -0.1) is 0 Å². The third-order valence-electron chi connectivity index (χ3n) is 2.00. The minimum Gasteiger partial charge on any atom is -0.396 e. The van der Waals surface area contributed by atoms with Gasteiger partial charge in [-0.2, -0.15) is 0 Å². The zero-order valence-corrected chi connectivity index (χ0v) is 8.41. The van der Waals surface area contributed by atoms with Gasteiger partial charge in [0.2, 0.25) is 5.91 Å². The zero-order chi connectivity index (χ0) is 10.1. The van der Waals surface area contributed by atoms with Crippen molar-refractivity contribution in [2.45, 2.75) is 32.8 Å². The van der Waals surface area contributed by atoms with Gasteiger partial charge in [-0.25, -0.2) is 5.06 Å². The van der Waals surface area contributed by atoms with Gasteiger partial charge in [0.1, 0.15) is 0 Å².